The van der Waals surface area contributed by atoms with Crippen LogP contribution in [0.25, 0.3) is 0 Å². The van der Waals surface area contributed by atoms with Crippen LogP contribution in [0.5, 0.6) is 5.75 Å². The standard InChI is InChI=1S/C18H20N4O5/c19-13(8-11-4-2-1-3-5-11)18(25)21-14(17(20)24)9-12-6-7-16(23)15(10-12)22(26)27/h1-7,10,13-14,23H,8-9,19H2,(H2,20,24)(H,21,25)/t13-,14+/m1/s1. The zero-order valence-corrected chi connectivity index (χ0v) is 14.4. The average molecular weight is 372 g/mol. The Morgan fingerprint density at radius 2 is 1.78 bits per heavy atom. The molecule has 0 heterocycles. The van der Waals surface area contributed by atoms with Crippen LogP contribution in [0.3, 0.4) is 0 Å². The van der Waals surface area contributed by atoms with Crippen LogP contribution in [-0.4, -0.2) is 33.9 Å². The number of carbonyl (C=O) groups is 2. The molecule has 0 aliphatic heterocycles. The molecule has 0 saturated heterocycles. The Bertz CT molecular complexity index is 841. The van der Waals surface area contributed by atoms with Gasteiger partial charge in [-0.1, -0.05) is 36.4 Å². The molecule has 0 aliphatic carbocycles. The van der Waals surface area contributed by atoms with Gasteiger partial charge in [-0.2, -0.15) is 0 Å². The number of carbonyl (C=O) groups excluding carboxylic acids is 2. The maximum atomic E-state index is 12.3. The molecule has 2 rings (SSSR count). The fourth-order valence-electron chi connectivity index (χ4n) is 2.54. The number of aromatic hydroxyl groups is 1. The van der Waals surface area contributed by atoms with Gasteiger partial charge in [-0.3, -0.25) is 19.7 Å². The quantitative estimate of drug-likeness (QED) is 0.387. The first kappa shape index (κ1) is 19.9. The van der Waals surface area contributed by atoms with Crippen molar-refractivity contribution in [3.8, 4) is 5.75 Å². The third kappa shape index (κ3) is 5.51. The van der Waals surface area contributed by atoms with Crippen LogP contribution < -0.4 is 16.8 Å². The van der Waals surface area contributed by atoms with Crippen LogP contribution in [0.1, 0.15) is 11.1 Å². The SMILES string of the molecule is NC(=O)[C@H](Cc1ccc(O)c([N+](=O)[O-])c1)NC(=O)[C@H](N)Cc1ccccc1. The van der Waals surface area contributed by atoms with E-state index in [1.54, 1.807) is 0 Å². The van der Waals surface area contributed by atoms with Gasteiger partial charge >= 0.3 is 5.69 Å². The van der Waals surface area contributed by atoms with Gasteiger partial charge in [0.15, 0.2) is 5.75 Å². The number of phenols is 1. The minimum absolute atomic E-state index is 0.0692. The highest BCUT2D eigenvalue weighted by molar-refractivity contribution is 5.89. The van der Waals surface area contributed by atoms with E-state index < -0.39 is 40.3 Å². The first-order valence-electron chi connectivity index (χ1n) is 8.13. The molecule has 0 bridgehead atoms. The van der Waals surface area contributed by atoms with Gasteiger partial charge in [0.2, 0.25) is 11.8 Å². The normalized spacial score (nSPS) is 12.8. The smallest absolute Gasteiger partial charge is 0.310 e. The van der Waals surface area contributed by atoms with Crippen LogP contribution in [0.15, 0.2) is 48.5 Å². The molecule has 0 unspecified atom stereocenters. The van der Waals surface area contributed by atoms with Crippen molar-refractivity contribution in [1.82, 2.24) is 5.32 Å². The molecule has 0 radical (unpaired) electrons. The third-order valence-corrected chi connectivity index (χ3v) is 3.97. The van der Waals surface area contributed by atoms with Crippen LogP contribution >= 0.6 is 0 Å². The van der Waals surface area contributed by atoms with Crippen LogP contribution in [0.4, 0.5) is 5.69 Å². The molecule has 2 aromatic carbocycles. The van der Waals surface area contributed by atoms with Gasteiger partial charge in [0, 0.05) is 12.5 Å². The molecule has 0 aromatic heterocycles. The second-order valence-electron chi connectivity index (χ2n) is 6.04. The maximum Gasteiger partial charge on any atom is 0.310 e. The van der Waals surface area contributed by atoms with Crippen molar-refractivity contribution in [3.05, 3.63) is 69.8 Å². The van der Waals surface area contributed by atoms with Crippen molar-refractivity contribution in [2.24, 2.45) is 11.5 Å². The molecule has 0 saturated carbocycles. The fourth-order valence-corrected chi connectivity index (χ4v) is 2.54. The zero-order chi connectivity index (χ0) is 20.0. The number of nitrogens with two attached hydrogens (primary N) is 2. The summed E-state index contributed by atoms with van der Waals surface area (Å²) < 4.78 is 0. The van der Waals surface area contributed by atoms with E-state index in [1.807, 2.05) is 30.3 Å². The Kier molecular flexibility index (Phi) is 6.45. The van der Waals surface area contributed by atoms with Crippen molar-refractivity contribution < 1.29 is 19.6 Å². The van der Waals surface area contributed by atoms with E-state index in [-0.39, 0.29) is 12.8 Å². The van der Waals surface area contributed by atoms with Gasteiger partial charge < -0.3 is 21.9 Å². The molecule has 2 atom stereocenters. The summed E-state index contributed by atoms with van der Waals surface area (Å²) in [5.74, 6) is -1.85. The van der Waals surface area contributed by atoms with Crippen molar-refractivity contribution in [1.29, 1.82) is 0 Å². The lowest BCUT2D eigenvalue weighted by molar-refractivity contribution is -0.385. The van der Waals surface area contributed by atoms with E-state index in [0.717, 1.165) is 17.7 Å². The zero-order valence-electron chi connectivity index (χ0n) is 14.4. The minimum atomic E-state index is -1.09. The molecule has 0 spiro atoms. The molecule has 2 amide bonds. The molecular formula is C18H20N4O5. The predicted molar refractivity (Wildman–Crippen MR) is 97.7 cm³/mol. The Labute approximate surface area is 155 Å². The van der Waals surface area contributed by atoms with E-state index in [4.69, 9.17) is 11.5 Å². The summed E-state index contributed by atoms with van der Waals surface area (Å²) in [4.78, 5) is 34.1. The van der Waals surface area contributed by atoms with Crippen LogP contribution in [0.2, 0.25) is 0 Å². The number of nitrogens with one attached hydrogen (secondary N) is 1. The van der Waals surface area contributed by atoms with Crippen molar-refractivity contribution in [3.63, 3.8) is 0 Å². The number of benzene rings is 2. The first-order valence-corrected chi connectivity index (χ1v) is 8.13. The highest BCUT2D eigenvalue weighted by Crippen LogP contribution is 2.26. The molecular weight excluding hydrogens is 352 g/mol. The molecule has 9 heteroatoms. The summed E-state index contributed by atoms with van der Waals surface area (Å²) in [6, 6.07) is 10.8. The molecule has 2 aromatic rings. The highest BCUT2D eigenvalue weighted by Gasteiger charge is 2.24. The van der Waals surface area contributed by atoms with Gasteiger partial charge in [0.1, 0.15) is 6.04 Å². The number of rotatable bonds is 8. The highest BCUT2D eigenvalue weighted by atomic mass is 16.6. The maximum absolute atomic E-state index is 12.3. The minimum Gasteiger partial charge on any atom is -0.502 e. The van der Waals surface area contributed by atoms with Gasteiger partial charge in [-0.15, -0.1) is 0 Å². The van der Waals surface area contributed by atoms with E-state index in [1.165, 1.54) is 6.07 Å². The Hall–Kier alpha value is -3.46. The molecule has 9 nitrogen and oxygen atoms in total. The monoisotopic (exact) mass is 372 g/mol. The lowest BCUT2D eigenvalue weighted by Gasteiger charge is -2.19. The summed E-state index contributed by atoms with van der Waals surface area (Å²) in [7, 11) is 0. The largest absolute Gasteiger partial charge is 0.502 e. The number of nitro groups is 1. The van der Waals surface area contributed by atoms with Gasteiger partial charge in [0.05, 0.1) is 11.0 Å². The molecule has 6 N–H and O–H groups in total. The van der Waals surface area contributed by atoms with Crippen molar-refractivity contribution in [2.45, 2.75) is 24.9 Å². The summed E-state index contributed by atoms with van der Waals surface area (Å²) in [5, 5.41) is 22.9. The van der Waals surface area contributed by atoms with Gasteiger partial charge in [0.25, 0.3) is 0 Å². The van der Waals surface area contributed by atoms with Gasteiger partial charge in [-0.05, 0) is 23.6 Å². The second kappa shape index (κ2) is 8.77. The average Bonchev–Trinajstić information content (AvgIpc) is 2.63. The summed E-state index contributed by atoms with van der Waals surface area (Å²) in [6.07, 6.45) is 0.211. The van der Waals surface area contributed by atoms with Gasteiger partial charge in [-0.25, -0.2) is 0 Å². The molecule has 0 fully saturated rings. The van der Waals surface area contributed by atoms with E-state index in [2.05, 4.69) is 5.32 Å². The Morgan fingerprint density at radius 1 is 1.11 bits per heavy atom. The van der Waals surface area contributed by atoms with Crippen molar-refractivity contribution >= 4 is 17.5 Å². The topological polar surface area (TPSA) is 162 Å². The number of nitro benzene ring substituents is 1. The molecule has 142 valence electrons. The summed E-state index contributed by atoms with van der Waals surface area (Å²) in [6.45, 7) is 0. The summed E-state index contributed by atoms with van der Waals surface area (Å²) in [5.41, 5.74) is 12.0. The predicted octanol–water partition coefficient (Wildman–Crippen LogP) is 0.383. The van der Waals surface area contributed by atoms with E-state index in [9.17, 15) is 24.8 Å². The lowest BCUT2D eigenvalue weighted by Crippen LogP contribution is -2.51. The van der Waals surface area contributed by atoms with E-state index in [0.29, 0.717) is 5.56 Å². The van der Waals surface area contributed by atoms with Crippen molar-refractivity contribution in [2.75, 3.05) is 0 Å². The first-order chi connectivity index (χ1) is 12.8. The van der Waals surface area contributed by atoms with Crippen LogP contribution in [0, 0.1) is 10.1 Å². The number of phenolic OH excluding ortho intramolecular Hbond substituents is 1. The fraction of sp³-hybridized carbons (Fsp3) is 0.222. The second-order valence-corrected chi connectivity index (χ2v) is 6.04. The molecule has 0 aliphatic rings. The number of nitrogens with zero attached hydrogens (tertiary/aromatic N) is 1. The molecule has 27 heavy (non-hydrogen) atoms. The number of hydrogen-bond acceptors (Lipinski definition) is 6. The third-order valence-electron chi connectivity index (χ3n) is 3.97. The lowest BCUT2D eigenvalue weighted by atomic mass is 10.0. The van der Waals surface area contributed by atoms with E-state index >= 15 is 0 Å². The number of amides is 2. The number of primary amides is 1. The number of hydrogen-bond donors (Lipinski definition) is 4. The van der Waals surface area contributed by atoms with Crippen LogP contribution in [-0.2, 0) is 22.4 Å². The summed E-state index contributed by atoms with van der Waals surface area (Å²) >= 11 is 0. The Balaban J connectivity index is 2.07. The Morgan fingerprint density at radius 3 is 2.37 bits per heavy atom.